The third-order valence-electron chi connectivity index (χ3n) is 3.86. The zero-order valence-corrected chi connectivity index (χ0v) is 16.9. The van der Waals surface area contributed by atoms with Crippen molar-refractivity contribution in [1.29, 1.82) is 0 Å². The Bertz CT molecular complexity index is 1240. The van der Waals surface area contributed by atoms with Crippen LogP contribution in [0.3, 0.4) is 0 Å². The quantitative estimate of drug-likeness (QED) is 0.674. The van der Waals surface area contributed by atoms with E-state index in [1.165, 1.54) is 31.2 Å². The Hall–Kier alpha value is -2.30. The fraction of sp³-hybridized carbons (Fsp3) is 0.176. The number of carbonyl (C=O) groups excluding carboxylic acids is 1. The maximum absolute atomic E-state index is 12.6. The molecule has 0 atom stereocenters. The Kier molecular flexibility index (Phi) is 5.06. The van der Waals surface area contributed by atoms with Crippen molar-refractivity contribution < 1.29 is 21.6 Å². The van der Waals surface area contributed by atoms with Crippen LogP contribution in [0, 0.1) is 0 Å². The first-order valence-electron chi connectivity index (χ1n) is 7.85. The molecule has 27 heavy (non-hydrogen) atoms. The topological polar surface area (TPSA) is 110 Å². The van der Waals surface area contributed by atoms with Crippen molar-refractivity contribution in [2.45, 2.75) is 16.7 Å². The largest absolute Gasteiger partial charge is 0.298 e. The van der Waals surface area contributed by atoms with Crippen molar-refractivity contribution in [3.8, 4) is 0 Å². The highest BCUT2D eigenvalue weighted by atomic mass is 32.2. The van der Waals surface area contributed by atoms with Gasteiger partial charge in [-0.15, -0.1) is 0 Å². The minimum absolute atomic E-state index is 0.0366. The predicted octanol–water partition coefficient (Wildman–Crippen LogP) is 2.75. The van der Waals surface area contributed by atoms with E-state index in [0.29, 0.717) is 10.2 Å². The third kappa shape index (κ3) is 4.02. The Morgan fingerprint density at radius 1 is 1.11 bits per heavy atom. The molecule has 0 aliphatic rings. The molecule has 1 aromatic heterocycles. The molecule has 0 aliphatic heterocycles. The molecule has 2 aromatic carbocycles. The van der Waals surface area contributed by atoms with Crippen molar-refractivity contribution >= 4 is 52.3 Å². The number of rotatable bonds is 5. The van der Waals surface area contributed by atoms with E-state index in [1.807, 2.05) is 0 Å². The Morgan fingerprint density at radius 2 is 1.81 bits per heavy atom. The Morgan fingerprint density at radius 3 is 2.48 bits per heavy atom. The van der Waals surface area contributed by atoms with Gasteiger partial charge in [0.15, 0.2) is 24.8 Å². The predicted molar refractivity (Wildman–Crippen MR) is 105 cm³/mol. The Labute approximate surface area is 160 Å². The molecular formula is C17H16N2O5S3. The van der Waals surface area contributed by atoms with E-state index >= 15 is 0 Å². The molecule has 0 spiro atoms. The van der Waals surface area contributed by atoms with Crippen LogP contribution < -0.4 is 5.32 Å². The maximum atomic E-state index is 12.6. The summed E-state index contributed by atoms with van der Waals surface area (Å²) in [6, 6.07) is 10.5. The van der Waals surface area contributed by atoms with E-state index < -0.39 is 25.6 Å². The van der Waals surface area contributed by atoms with Gasteiger partial charge in [-0.05, 0) is 30.3 Å². The van der Waals surface area contributed by atoms with Crippen LogP contribution in [0.15, 0.2) is 52.3 Å². The van der Waals surface area contributed by atoms with Crippen molar-refractivity contribution in [2.24, 2.45) is 0 Å². The number of benzene rings is 2. The summed E-state index contributed by atoms with van der Waals surface area (Å²) in [6.07, 6.45) is 1.11. The number of fused-ring (bicyclic) bond motifs is 1. The zero-order valence-electron chi connectivity index (χ0n) is 14.5. The van der Waals surface area contributed by atoms with E-state index in [1.54, 1.807) is 18.2 Å². The van der Waals surface area contributed by atoms with Crippen LogP contribution in [-0.4, -0.2) is 39.7 Å². The number of nitrogens with zero attached hydrogens (tertiary/aromatic N) is 1. The minimum atomic E-state index is -3.56. The standard InChI is InChI=1S/C17H16N2O5S3/c1-3-27(23,24)15-7-5-4-6-12(15)16(20)19-17-18-13-9-8-11(26(2,21)22)10-14(13)25-17/h4-10H,3H2,1-2H3,(H,18,19,20). The number of hydrogen-bond donors (Lipinski definition) is 1. The van der Waals surface area contributed by atoms with Gasteiger partial charge in [-0.3, -0.25) is 10.1 Å². The highest BCUT2D eigenvalue weighted by molar-refractivity contribution is 7.91. The minimum Gasteiger partial charge on any atom is -0.298 e. The molecule has 0 fully saturated rings. The number of nitrogens with one attached hydrogen (secondary N) is 1. The molecule has 1 heterocycles. The summed E-state index contributed by atoms with van der Waals surface area (Å²) in [5.74, 6) is -0.711. The molecule has 3 aromatic rings. The van der Waals surface area contributed by atoms with Gasteiger partial charge in [-0.1, -0.05) is 30.4 Å². The summed E-state index contributed by atoms with van der Waals surface area (Å²) in [4.78, 5) is 17.0. The lowest BCUT2D eigenvalue weighted by Gasteiger charge is -2.08. The molecule has 0 radical (unpaired) electrons. The van der Waals surface area contributed by atoms with Crippen molar-refractivity contribution in [2.75, 3.05) is 17.3 Å². The number of thiazole rings is 1. The van der Waals surface area contributed by atoms with E-state index in [9.17, 15) is 21.6 Å². The number of aromatic nitrogens is 1. The fourth-order valence-electron chi connectivity index (χ4n) is 2.43. The van der Waals surface area contributed by atoms with Crippen LogP contribution in [0.1, 0.15) is 17.3 Å². The van der Waals surface area contributed by atoms with Gasteiger partial charge in [0.1, 0.15) is 0 Å². The van der Waals surface area contributed by atoms with Crippen molar-refractivity contribution in [1.82, 2.24) is 4.98 Å². The van der Waals surface area contributed by atoms with Gasteiger partial charge in [0, 0.05) is 6.26 Å². The molecular weight excluding hydrogens is 408 g/mol. The fourth-order valence-corrected chi connectivity index (χ4v) is 5.15. The van der Waals surface area contributed by atoms with Gasteiger partial charge < -0.3 is 0 Å². The molecule has 1 N–H and O–H groups in total. The summed E-state index contributed by atoms with van der Waals surface area (Å²) in [6.45, 7) is 1.51. The maximum Gasteiger partial charge on any atom is 0.258 e. The van der Waals surface area contributed by atoms with E-state index in [2.05, 4.69) is 10.3 Å². The number of amides is 1. The summed E-state index contributed by atoms with van der Waals surface area (Å²) >= 11 is 1.11. The summed E-state index contributed by atoms with van der Waals surface area (Å²) in [5, 5.41) is 2.85. The van der Waals surface area contributed by atoms with Crippen LogP contribution in [-0.2, 0) is 19.7 Å². The second-order valence-electron chi connectivity index (χ2n) is 5.77. The van der Waals surface area contributed by atoms with Crippen LogP contribution in [0.5, 0.6) is 0 Å². The normalized spacial score (nSPS) is 12.2. The monoisotopic (exact) mass is 424 g/mol. The van der Waals surface area contributed by atoms with E-state index in [4.69, 9.17) is 0 Å². The lowest BCUT2D eigenvalue weighted by molar-refractivity contribution is 0.102. The lowest BCUT2D eigenvalue weighted by Crippen LogP contribution is -2.17. The van der Waals surface area contributed by atoms with Crippen molar-refractivity contribution in [3.05, 3.63) is 48.0 Å². The zero-order chi connectivity index (χ0) is 19.8. The van der Waals surface area contributed by atoms with Gasteiger partial charge in [-0.2, -0.15) is 0 Å². The number of sulfone groups is 2. The summed E-state index contributed by atoms with van der Waals surface area (Å²) in [5.41, 5.74) is 0.576. The van der Waals surface area contributed by atoms with Gasteiger partial charge in [-0.25, -0.2) is 21.8 Å². The van der Waals surface area contributed by atoms with Gasteiger partial charge in [0.2, 0.25) is 0 Å². The van der Waals surface area contributed by atoms with E-state index in [-0.39, 0.29) is 26.2 Å². The first-order chi connectivity index (χ1) is 12.6. The summed E-state index contributed by atoms with van der Waals surface area (Å²) in [7, 11) is -6.91. The first-order valence-corrected chi connectivity index (χ1v) is 12.2. The van der Waals surface area contributed by atoms with Gasteiger partial charge >= 0.3 is 0 Å². The SMILES string of the molecule is CCS(=O)(=O)c1ccccc1C(=O)Nc1nc2ccc(S(C)(=O)=O)cc2s1. The number of hydrogen-bond acceptors (Lipinski definition) is 7. The second-order valence-corrected chi connectivity index (χ2v) is 11.1. The molecule has 142 valence electrons. The molecule has 0 unspecified atom stereocenters. The highest BCUT2D eigenvalue weighted by Crippen LogP contribution is 2.29. The molecule has 0 aliphatic carbocycles. The van der Waals surface area contributed by atoms with Crippen LogP contribution >= 0.6 is 11.3 Å². The van der Waals surface area contributed by atoms with Gasteiger partial charge in [0.05, 0.1) is 31.3 Å². The third-order valence-corrected chi connectivity index (χ3v) is 7.69. The van der Waals surface area contributed by atoms with Crippen molar-refractivity contribution in [3.63, 3.8) is 0 Å². The average Bonchev–Trinajstić information content (AvgIpc) is 3.02. The van der Waals surface area contributed by atoms with Gasteiger partial charge in [0.25, 0.3) is 5.91 Å². The number of carbonyl (C=O) groups is 1. The summed E-state index contributed by atoms with van der Waals surface area (Å²) < 4.78 is 48.3. The molecule has 0 bridgehead atoms. The second kappa shape index (κ2) is 7.02. The molecule has 3 rings (SSSR count). The smallest absolute Gasteiger partial charge is 0.258 e. The first kappa shape index (κ1) is 19.5. The molecule has 1 amide bonds. The van der Waals surface area contributed by atoms with E-state index in [0.717, 1.165) is 17.6 Å². The molecule has 7 nitrogen and oxygen atoms in total. The molecule has 10 heteroatoms. The highest BCUT2D eigenvalue weighted by Gasteiger charge is 2.21. The molecule has 0 saturated carbocycles. The number of anilines is 1. The van der Waals surface area contributed by atoms with Crippen LogP contribution in [0.2, 0.25) is 0 Å². The van der Waals surface area contributed by atoms with Crippen LogP contribution in [0.4, 0.5) is 5.13 Å². The van der Waals surface area contributed by atoms with Crippen LogP contribution in [0.25, 0.3) is 10.2 Å². The lowest BCUT2D eigenvalue weighted by atomic mass is 10.2. The average molecular weight is 425 g/mol. The Balaban J connectivity index is 1.96. The molecule has 0 saturated heterocycles.